The first kappa shape index (κ1) is 14.8. The first-order valence-electron chi connectivity index (χ1n) is 9.11. The lowest BCUT2D eigenvalue weighted by Crippen LogP contribution is -2.41. The van der Waals surface area contributed by atoms with Crippen molar-refractivity contribution in [2.24, 2.45) is 0 Å². The van der Waals surface area contributed by atoms with Crippen LogP contribution in [0.25, 0.3) is 0 Å². The molecule has 2 aliphatic heterocycles. The van der Waals surface area contributed by atoms with Crippen molar-refractivity contribution < 1.29 is 0 Å². The Balaban J connectivity index is 1.27. The Morgan fingerprint density at radius 3 is 2.45 bits per heavy atom. The first-order valence-corrected chi connectivity index (χ1v) is 9.11. The molecule has 3 heteroatoms. The van der Waals surface area contributed by atoms with Gasteiger partial charge in [-0.2, -0.15) is 0 Å². The van der Waals surface area contributed by atoms with Crippen molar-refractivity contribution in [3.05, 3.63) is 0 Å². The van der Waals surface area contributed by atoms with Gasteiger partial charge in [-0.3, -0.25) is 4.90 Å². The molecule has 3 aliphatic rings. The Labute approximate surface area is 125 Å². The van der Waals surface area contributed by atoms with Crippen molar-refractivity contribution in [1.29, 1.82) is 0 Å². The highest BCUT2D eigenvalue weighted by molar-refractivity contribution is 4.85. The summed E-state index contributed by atoms with van der Waals surface area (Å²) < 4.78 is 0. The Hall–Kier alpha value is -0.120. The molecule has 1 N–H and O–H groups in total. The fourth-order valence-corrected chi connectivity index (χ4v) is 4.34. The van der Waals surface area contributed by atoms with Crippen LogP contribution in [-0.2, 0) is 0 Å². The van der Waals surface area contributed by atoms with E-state index in [-0.39, 0.29) is 0 Å². The maximum atomic E-state index is 3.74. The number of hydrogen-bond donors (Lipinski definition) is 1. The molecule has 2 heterocycles. The maximum Gasteiger partial charge on any atom is 0.0235 e. The third kappa shape index (κ3) is 4.19. The second-order valence-electron chi connectivity index (χ2n) is 7.13. The molecule has 0 aromatic rings. The third-order valence-electron chi connectivity index (χ3n) is 5.59. The van der Waals surface area contributed by atoms with Crippen LogP contribution in [0.2, 0.25) is 0 Å². The Kier molecular flexibility index (Phi) is 5.75. The Morgan fingerprint density at radius 2 is 1.65 bits per heavy atom. The van der Waals surface area contributed by atoms with Crippen LogP contribution in [0.3, 0.4) is 0 Å². The monoisotopic (exact) mass is 279 g/mol. The topological polar surface area (TPSA) is 18.5 Å². The fraction of sp³-hybridized carbons (Fsp3) is 1.00. The van der Waals surface area contributed by atoms with Gasteiger partial charge in [0.05, 0.1) is 0 Å². The number of piperidine rings is 1. The minimum absolute atomic E-state index is 0.842. The lowest BCUT2D eigenvalue weighted by atomic mass is 10.1. The van der Waals surface area contributed by atoms with E-state index >= 15 is 0 Å². The van der Waals surface area contributed by atoms with Gasteiger partial charge in [0.15, 0.2) is 0 Å². The number of likely N-dealkylation sites (tertiary alicyclic amines) is 2. The molecule has 0 bridgehead atoms. The van der Waals surface area contributed by atoms with Crippen molar-refractivity contribution in [1.82, 2.24) is 15.1 Å². The summed E-state index contributed by atoms with van der Waals surface area (Å²) >= 11 is 0. The molecule has 3 rings (SSSR count). The molecule has 0 spiro atoms. The fourth-order valence-electron chi connectivity index (χ4n) is 4.34. The zero-order valence-electron chi connectivity index (χ0n) is 13.2. The Morgan fingerprint density at radius 1 is 0.850 bits per heavy atom. The van der Waals surface area contributed by atoms with E-state index in [0.29, 0.717) is 0 Å². The highest BCUT2D eigenvalue weighted by atomic mass is 15.3. The minimum atomic E-state index is 0.842. The summed E-state index contributed by atoms with van der Waals surface area (Å²) in [5.74, 6) is 0. The molecular weight excluding hydrogens is 246 g/mol. The van der Waals surface area contributed by atoms with Crippen LogP contribution in [0, 0.1) is 0 Å². The summed E-state index contributed by atoms with van der Waals surface area (Å²) in [4.78, 5) is 5.47. The smallest absolute Gasteiger partial charge is 0.0235 e. The zero-order chi connectivity index (χ0) is 13.6. The van der Waals surface area contributed by atoms with Crippen molar-refractivity contribution in [3.8, 4) is 0 Å². The molecule has 0 aromatic carbocycles. The summed E-state index contributed by atoms with van der Waals surface area (Å²) in [6.07, 6.45) is 12.8. The average Bonchev–Trinajstić information content (AvgIpc) is 3.16. The number of nitrogens with one attached hydrogen (secondary N) is 1. The normalized spacial score (nSPS) is 30.3. The zero-order valence-corrected chi connectivity index (χ0v) is 13.2. The van der Waals surface area contributed by atoms with Gasteiger partial charge in [-0.15, -0.1) is 0 Å². The number of hydrogen-bond acceptors (Lipinski definition) is 3. The molecule has 1 unspecified atom stereocenters. The van der Waals surface area contributed by atoms with Crippen molar-refractivity contribution in [2.75, 3.05) is 39.3 Å². The van der Waals surface area contributed by atoms with Crippen LogP contribution in [0.1, 0.15) is 57.8 Å². The molecule has 1 aliphatic carbocycles. The van der Waals surface area contributed by atoms with E-state index in [2.05, 4.69) is 15.1 Å². The summed E-state index contributed by atoms with van der Waals surface area (Å²) in [6, 6.07) is 1.72. The molecule has 1 saturated carbocycles. The van der Waals surface area contributed by atoms with E-state index < -0.39 is 0 Å². The van der Waals surface area contributed by atoms with Gasteiger partial charge in [-0.05, 0) is 71.2 Å². The van der Waals surface area contributed by atoms with Gasteiger partial charge in [0, 0.05) is 18.6 Å². The van der Waals surface area contributed by atoms with Gasteiger partial charge < -0.3 is 10.2 Å². The molecule has 0 radical (unpaired) electrons. The van der Waals surface area contributed by atoms with E-state index in [0.717, 1.165) is 12.1 Å². The van der Waals surface area contributed by atoms with Crippen LogP contribution in [0.5, 0.6) is 0 Å². The van der Waals surface area contributed by atoms with Crippen LogP contribution < -0.4 is 5.32 Å². The molecule has 3 fully saturated rings. The molecule has 116 valence electrons. The quantitative estimate of drug-likeness (QED) is 0.754. The minimum Gasteiger partial charge on any atom is -0.314 e. The van der Waals surface area contributed by atoms with Gasteiger partial charge in [0.2, 0.25) is 0 Å². The SMILES string of the molecule is C1CCN(C2CCN(CCCNC3CCCC3)C2)CC1. The third-order valence-corrected chi connectivity index (χ3v) is 5.59. The average molecular weight is 279 g/mol. The van der Waals surface area contributed by atoms with Crippen LogP contribution >= 0.6 is 0 Å². The number of nitrogens with zero attached hydrogens (tertiary/aromatic N) is 2. The van der Waals surface area contributed by atoms with Crippen LogP contribution in [0.4, 0.5) is 0 Å². The van der Waals surface area contributed by atoms with Crippen molar-refractivity contribution >= 4 is 0 Å². The maximum absolute atomic E-state index is 3.74. The standard InChI is InChI=1S/C17H33N3/c1-4-12-20(13-5-1)17-9-14-19(15-17)11-6-10-18-16-7-2-3-8-16/h16-18H,1-15H2. The summed E-state index contributed by atoms with van der Waals surface area (Å²) in [7, 11) is 0. The summed E-state index contributed by atoms with van der Waals surface area (Å²) in [6.45, 7) is 7.94. The van der Waals surface area contributed by atoms with E-state index in [1.807, 2.05) is 0 Å². The molecule has 2 saturated heterocycles. The first-order chi connectivity index (χ1) is 9.92. The van der Waals surface area contributed by atoms with E-state index in [9.17, 15) is 0 Å². The second kappa shape index (κ2) is 7.77. The van der Waals surface area contributed by atoms with E-state index in [1.165, 1.54) is 97.1 Å². The van der Waals surface area contributed by atoms with E-state index in [4.69, 9.17) is 0 Å². The molecule has 0 aromatic heterocycles. The lowest BCUT2D eigenvalue weighted by molar-refractivity contribution is 0.162. The molecule has 3 nitrogen and oxygen atoms in total. The Bertz CT molecular complexity index is 269. The largest absolute Gasteiger partial charge is 0.314 e. The number of rotatable bonds is 6. The molecule has 1 atom stereocenters. The highest BCUT2D eigenvalue weighted by Crippen LogP contribution is 2.20. The van der Waals surface area contributed by atoms with Crippen molar-refractivity contribution in [2.45, 2.75) is 69.9 Å². The van der Waals surface area contributed by atoms with Gasteiger partial charge >= 0.3 is 0 Å². The van der Waals surface area contributed by atoms with Gasteiger partial charge in [-0.1, -0.05) is 19.3 Å². The van der Waals surface area contributed by atoms with Gasteiger partial charge in [0.1, 0.15) is 0 Å². The van der Waals surface area contributed by atoms with Crippen LogP contribution in [0.15, 0.2) is 0 Å². The predicted molar refractivity (Wildman–Crippen MR) is 85.1 cm³/mol. The summed E-state index contributed by atoms with van der Waals surface area (Å²) in [5, 5.41) is 3.74. The van der Waals surface area contributed by atoms with E-state index in [1.54, 1.807) is 0 Å². The highest BCUT2D eigenvalue weighted by Gasteiger charge is 2.27. The van der Waals surface area contributed by atoms with Gasteiger partial charge in [-0.25, -0.2) is 0 Å². The summed E-state index contributed by atoms with van der Waals surface area (Å²) in [5.41, 5.74) is 0. The van der Waals surface area contributed by atoms with Gasteiger partial charge in [0.25, 0.3) is 0 Å². The van der Waals surface area contributed by atoms with Crippen molar-refractivity contribution in [3.63, 3.8) is 0 Å². The molecule has 20 heavy (non-hydrogen) atoms. The molecular formula is C17H33N3. The molecule has 0 amide bonds. The predicted octanol–water partition coefficient (Wildman–Crippen LogP) is 2.47. The lowest BCUT2D eigenvalue weighted by Gasteiger charge is -2.32. The van der Waals surface area contributed by atoms with Crippen LogP contribution in [-0.4, -0.2) is 61.2 Å². The second-order valence-corrected chi connectivity index (χ2v) is 7.13.